The van der Waals surface area contributed by atoms with Gasteiger partial charge in [0.1, 0.15) is 0 Å². The van der Waals surface area contributed by atoms with Crippen molar-refractivity contribution in [1.82, 2.24) is 4.90 Å². The molecule has 0 amide bonds. The van der Waals surface area contributed by atoms with Crippen LogP contribution in [0.3, 0.4) is 0 Å². The smallest absolute Gasteiger partial charge is 0.0772 e. The standard InChI is InChI=1S/C13H11N/c1-2-7-13-11(5-1)8-9-12-6-3-4-10-14(12)13/h1-10,13H. The van der Waals surface area contributed by atoms with Crippen LogP contribution in [-0.4, -0.2) is 10.9 Å². The molecule has 0 aromatic heterocycles. The van der Waals surface area contributed by atoms with E-state index in [2.05, 4.69) is 65.8 Å². The maximum absolute atomic E-state index is 2.29. The highest BCUT2D eigenvalue weighted by molar-refractivity contribution is 5.47. The van der Waals surface area contributed by atoms with Crippen LogP contribution in [0, 0.1) is 0 Å². The maximum atomic E-state index is 2.29. The van der Waals surface area contributed by atoms with Crippen LogP contribution >= 0.6 is 0 Å². The summed E-state index contributed by atoms with van der Waals surface area (Å²) >= 11 is 0. The van der Waals surface area contributed by atoms with Crippen molar-refractivity contribution in [3.8, 4) is 0 Å². The van der Waals surface area contributed by atoms with E-state index in [0.29, 0.717) is 6.04 Å². The van der Waals surface area contributed by atoms with Gasteiger partial charge in [-0.3, -0.25) is 0 Å². The number of hydrogen-bond acceptors (Lipinski definition) is 1. The van der Waals surface area contributed by atoms with Gasteiger partial charge < -0.3 is 4.90 Å². The van der Waals surface area contributed by atoms with Crippen molar-refractivity contribution in [3.05, 3.63) is 72.2 Å². The summed E-state index contributed by atoms with van der Waals surface area (Å²) < 4.78 is 0. The van der Waals surface area contributed by atoms with Crippen LogP contribution in [0.1, 0.15) is 0 Å². The third-order valence-electron chi connectivity index (χ3n) is 2.70. The van der Waals surface area contributed by atoms with Gasteiger partial charge in [0.25, 0.3) is 0 Å². The van der Waals surface area contributed by atoms with E-state index in [0.717, 1.165) is 0 Å². The molecule has 0 saturated carbocycles. The molecule has 2 aliphatic heterocycles. The van der Waals surface area contributed by atoms with E-state index in [1.165, 1.54) is 11.3 Å². The lowest BCUT2D eigenvalue weighted by atomic mass is 9.95. The second-order valence-corrected chi connectivity index (χ2v) is 3.55. The normalized spacial score (nSPS) is 26.9. The van der Waals surface area contributed by atoms with Gasteiger partial charge in [-0.05, 0) is 23.8 Å². The molecule has 0 bridgehead atoms. The largest absolute Gasteiger partial charge is 0.337 e. The SMILES string of the molecule is C1=CC2=CC=C3C=CC=CN3C2C=C1. The molecule has 3 rings (SSSR count). The predicted molar refractivity (Wildman–Crippen MR) is 58.4 cm³/mol. The first kappa shape index (κ1) is 7.63. The number of fused-ring (bicyclic) bond motifs is 3. The predicted octanol–water partition coefficient (Wildman–Crippen LogP) is 2.69. The Morgan fingerprint density at radius 1 is 0.929 bits per heavy atom. The lowest BCUT2D eigenvalue weighted by Gasteiger charge is -2.35. The number of rotatable bonds is 0. The van der Waals surface area contributed by atoms with E-state index in [9.17, 15) is 0 Å². The summed E-state index contributed by atoms with van der Waals surface area (Å²) in [4.78, 5) is 2.29. The average molecular weight is 181 g/mol. The van der Waals surface area contributed by atoms with Crippen molar-refractivity contribution in [2.75, 3.05) is 0 Å². The summed E-state index contributed by atoms with van der Waals surface area (Å²) in [6.45, 7) is 0. The Morgan fingerprint density at radius 2 is 1.86 bits per heavy atom. The van der Waals surface area contributed by atoms with Crippen molar-refractivity contribution in [2.45, 2.75) is 6.04 Å². The molecule has 3 aliphatic rings. The van der Waals surface area contributed by atoms with Gasteiger partial charge in [-0.15, -0.1) is 0 Å². The molecule has 0 spiro atoms. The second-order valence-electron chi connectivity index (χ2n) is 3.55. The van der Waals surface area contributed by atoms with Gasteiger partial charge in [-0.1, -0.05) is 36.5 Å². The number of allylic oxidation sites excluding steroid dienone is 7. The van der Waals surface area contributed by atoms with Crippen LogP contribution in [0.25, 0.3) is 0 Å². The molecule has 1 atom stereocenters. The fourth-order valence-electron chi connectivity index (χ4n) is 2.00. The Morgan fingerprint density at radius 3 is 2.86 bits per heavy atom. The molecule has 0 aromatic rings. The Balaban J connectivity index is 2.08. The lowest BCUT2D eigenvalue weighted by Crippen LogP contribution is -2.32. The zero-order chi connectivity index (χ0) is 9.38. The lowest BCUT2D eigenvalue weighted by molar-refractivity contribution is 0.439. The van der Waals surface area contributed by atoms with Crippen molar-refractivity contribution >= 4 is 0 Å². The summed E-state index contributed by atoms with van der Waals surface area (Å²) in [6, 6.07) is 0.390. The molecule has 0 radical (unpaired) electrons. The monoisotopic (exact) mass is 181 g/mol. The zero-order valence-electron chi connectivity index (χ0n) is 7.80. The molecule has 0 fully saturated rings. The summed E-state index contributed by atoms with van der Waals surface area (Å²) in [6.07, 6.45) is 21.4. The van der Waals surface area contributed by atoms with Crippen LogP contribution < -0.4 is 0 Å². The molecule has 1 heteroatoms. The first-order valence-corrected chi connectivity index (χ1v) is 4.85. The topological polar surface area (TPSA) is 3.24 Å². The van der Waals surface area contributed by atoms with E-state index < -0.39 is 0 Å². The van der Waals surface area contributed by atoms with Crippen LogP contribution in [0.4, 0.5) is 0 Å². The van der Waals surface area contributed by atoms with Crippen LogP contribution in [0.15, 0.2) is 72.2 Å². The molecule has 2 heterocycles. The van der Waals surface area contributed by atoms with E-state index >= 15 is 0 Å². The van der Waals surface area contributed by atoms with E-state index in [1.807, 2.05) is 0 Å². The van der Waals surface area contributed by atoms with Gasteiger partial charge in [0.15, 0.2) is 0 Å². The molecule has 0 aromatic carbocycles. The van der Waals surface area contributed by atoms with Crippen molar-refractivity contribution in [1.29, 1.82) is 0 Å². The van der Waals surface area contributed by atoms with Crippen molar-refractivity contribution in [2.24, 2.45) is 0 Å². The quantitative estimate of drug-likeness (QED) is 0.555. The van der Waals surface area contributed by atoms with Gasteiger partial charge in [0.05, 0.1) is 6.04 Å². The molecule has 1 unspecified atom stereocenters. The summed E-state index contributed by atoms with van der Waals surface area (Å²) in [7, 11) is 0. The van der Waals surface area contributed by atoms with Gasteiger partial charge in [0, 0.05) is 11.9 Å². The highest BCUT2D eigenvalue weighted by Gasteiger charge is 2.22. The Bertz CT molecular complexity index is 388. The van der Waals surface area contributed by atoms with Crippen molar-refractivity contribution < 1.29 is 0 Å². The minimum absolute atomic E-state index is 0.390. The Kier molecular flexibility index (Phi) is 1.57. The first-order chi connectivity index (χ1) is 6.95. The Labute approximate surface area is 83.7 Å². The third kappa shape index (κ3) is 1.02. The molecular formula is C13H11N. The Hall–Kier alpha value is -1.76. The van der Waals surface area contributed by atoms with Gasteiger partial charge in [-0.25, -0.2) is 0 Å². The third-order valence-corrected chi connectivity index (χ3v) is 2.70. The van der Waals surface area contributed by atoms with E-state index in [-0.39, 0.29) is 0 Å². The van der Waals surface area contributed by atoms with Gasteiger partial charge >= 0.3 is 0 Å². The molecule has 1 aliphatic carbocycles. The molecule has 1 nitrogen and oxygen atoms in total. The average Bonchev–Trinajstić information content (AvgIpc) is 2.29. The van der Waals surface area contributed by atoms with Gasteiger partial charge in [-0.2, -0.15) is 0 Å². The minimum Gasteiger partial charge on any atom is -0.337 e. The zero-order valence-corrected chi connectivity index (χ0v) is 7.80. The van der Waals surface area contributed by atoms with Crippen LogP contribution in [0.2, 0.25) is 0 Å². The molecule has 0 N–H and O–H groups in total. The maximum Gasteiger partial charge on any atom is 0.0772 e. The number of nitrogens with zero attached hydrogens (tertiary/aromatic N) is 1. The van der Waals surface area contributed by atoms with Gasteiger partial charge in [0.2, 0.25) is 0 Å². The van der Waals surface area contributed by atoms with E-state index in [1.54, 1.807) is 0 Å². The molecule has 14 heavy (non-hydrogen) atoms. The fourth-order valence-corrected chi connectivity index (χ4v) is 2.00. The fraction of sp³-hybridized carbons (Fsp3) is 0.0769. The summed E-state index contributed by atoms with van der Waals surface area (Å²) in [5.74, 6) is 0. The van der Waals surface area contributed by atoms with Crippen molar-refractivity contribution in [3.63, 3.8) is 0 Å². The summed E-state index contributed by atoms with van der Waals surface area (Å²) in [5.41, 5.74) is 2.62. The second kappa shape index (κ2) is 2.88. The van der Waals surface area contributed by atoms with E-state index in [4.69, 9.17) is 0 Å². The molecular weight excluding hydrogens is 170 g/mol. The number of hydrogen-bond donors (Lipinski definition) is 0. The minimum atomic E-state index is 0.390. The van der Waals surface area contributed by atoms with Crippen LogP contribution in [-0.2, 0) is 0 Å². The summed E-state index contributed by atoms with van der Waals surface area (Å²) in [5, 5.41) is 0. The highest BCUT2D eigenvalue weighted by Crippen LogP contribution is 2.28. The highest BCUT2D eigenvalue weighted by atomic mass is 15.2. The molecule has 68 valence electrons. The molecule has 0 saturated heterocycles. The first-order valence-electron chi connectivity index (χ1n) is 4.85. The van der Waals surface area contributed by atoms with Crippen LogP contribution in [0.5, 0.6) is 0 Å².